The van der Waals surface area contributed by atoms with E-state index in [2.05, 4.69) is 0 Å². The van der Waals surface area contributed by atoms with E-state index in [-0.39, 0.29) is 18.2 Å². The second-order valence-corrected chi connectivity index (χ2v) is 2.88. The summed E-state index contributed by atoms with van der Waals surface area (Å²) in [5.74, 6) is 0.0352. The largest absolute Gasteiger partial charge is 0.490 e. The van der Waals surface area contributed by atoms with Gasteiger partial charge < -0.3 is 10.5 Å². The second kappa shape index (κ2) is 6.62. The molecule has 0 bridgehead atoms. The normalized spacial score (nSPS) is 9.36. The molecule has 2 nitrogen and oxygen atoms in total. The first-order valence-corrected chi connectivity index (χ1v) is 4.33. The molecule has 0 aliphatic carbocycles. The first kappa shape index (κ1) is 13.2. The summed E-state index contributed by atoms with van der Waals surface area (Å²) < 4.78 is 18.5. The van der Waals surface area contributed by atoms with Crippen LogP contribution in [0.4, 0.5) is 4.39 Å². The lowest BCUT2D eigenvalue weighted by atomic mass is 10.2. The molecular weight excluding hydrogens is 205 g/mol. The lowest BCUT2D eigenvalue weighted by molar-refractivity contribution is 0.297. The van der Waals surface area contributed by atoms with Gasteiger partial charge in [-0.1, -0.05) is 12.1 Å². The van der Waals surface area contributed by atoms with Crippen LogP contribution in [0.3, 0.4) is 0 Å². The quantitative estimate of drug-likeness (QED) is 0.789. The molecule has 0 spiro atoms. The standard InChI is InChI=1S/C10H14FNO.ClH/c1-8-4-2-5-9(10(8)11)13-7-3-6-12;/h2,4-5H,3,6-7,12H2,1H3;1H. The predicted molar refractivity (Wildman–Crippen MR) is 57.6 cm³/mol. The minimum Gasteiger partial charge on any atom is -0.490 e. The third-order valence-electron chi connectivity index (χ3n) is 1.76. The van der Waals surface area contributed by atoms with E-state index in [4.69, 9.17) is 10.5 Å². The van der Waals surface area contributed by atoms with Gasteiger partial charge in [-0.25, -0.2) is 4.39 Å². The molecule has 0 atom stereocenters. The van der Waals surface area contributed by atoms with Crippen molar-refractivity contribution in [2.75, 3.05) is 13.2 Å². The maximum Gasteiger partial charge on any atom is 0.167 e. The van der Waals surface area contributed by atoms with Gasteiger partial charge in [-0.3, -0.25) is 0 Å². The van der Waals surface area contributed by atoms with E-state index in [1.54, 1.807) is 25.1 Å². The van der Waals surface area contributed by atoms with E-state index < -0.39 is 0 Å². The molecule has 4 heteroatoms. The van der Waals surface area contributed by atoms with Crippen molar-refractivity contribution in [2.45, 2.75) is 13.3 Å². The number of nitrogens with two attached hydrogens (primary N) is 1. The van der Waals surface area contributed by atoms with E-state index in [9.17, 15) is 4.39 Å². The van der Waals surface area contributed by atoms with E-state index in [0.717, 1.165) is 6.42 Å². The fraction of sp³-hybridized carbons (Fsp3) is 0.400. The fourth-order valence-electron chi connectivity index (χ4n) is 0.997. The van der Waals surface area contributed by atoms with Gasteiger partial charge in [0.2, 0.25) is 0 Å². The average molecular weight is 220 g/mol. The monoisotopic (exact) mass is 219 g/mol. The molecule has 0 saturated carbocycles. The van der Waals surface area contributed by atoms with E-state index in [1.807, 2.05) is 0 Å². The maximum atomic E-state index is 13.3. The van der Waals surface area contributed by atoms with Crippen LogP contribution >= 0.6 is 12.4 Å². The highest BCUT2D eigenvalue weighted by Crippen LogP contribution is 2.19. The number of hydrogen-bond acceptors (Lipinski definition) is 2. The average Bonchev–Trinajstić information content (AvgIpc) is 2.13. The molecule has 0 aliphatic rings. The van der Waals surface area contributed by atoms with Gasteiger partial charge in [0, 0.05) is 0 Å². The lowest BCUT2D eigenvalue weighted by Gasteiger charge is -2.07. The Kier molecular flexibility index (Phi) is 6.25. The number of ether oxygens (including phenoxy) is 1. The molecule has 0 aromatic heterocycles. The van der Waals surface area contributed by atoms with Crippen LogP contribution in [0.25, 0.3) is 0 Å². The first-order valence-electron chi connectivity index (χ1n) is 4.33. The summed E-state index contributed by atoms with van der Waals surface area (Å²) in [6.45, 7) is 2.75. The van der Waals surface area contributed by atoms with Crippen molar-refractivity contribution in [3.05, 3.63) is 29.6 Å². The summed E-state index contributed by atoms with van der Waals surface area (Å²) in [6.07, 6.45) is 0.743. The van der Waals surface area contributed by atoms with Crippen LogP contribution < -0.4 is 10.5 Å². The molecular formula is C10H15ClFNO. The number of aryl methyl sites for hydroxylation is 1. The number of halogens is 2. The van der Waals surface area contributed by atoms with Crippen molar-refractivity contribution >= 4 is 12.4 Å². The summed E-state index contributed by atoms with van der Waals surface area (Å²) in [7, 11) is 0. The smallest absolute Gasteiger partial charge is 0.167 e. The summed E-state index contributed by atoms with van der Waals surface area (Å²) in [6, 6.07) is 5.11. The minimum atomic E-state index is -0.278. The van der Waals surface area contributed by atoms with Crippen LogP contribution in [0.15, 0.2) is 18.2 Å². The molecule has 0 heterocycles. The van der Waals surface area contributed by atoms with Gasteiger partial charge in [-0.05, 0) is 31.5 Å². The first-order chi connectivity index (χ1) is 6.25. The van der Waals surface area contributed by atoms with Gasteiger partial charge in [-0.15, -0.1) is 12.4 Å². The Morgan fingerprint density at radius 3 is 2.79 bits per heavy atom. The Hall–Kier alpha value is -0.800. The van der Waals surface area contributed by atoms with Crippen LogP contribution in [0, 0.1) is 12.7 Å². The number of hydrogen-bond donors (Lipinski definition) is 1. The van der Waals surface area contributed by atoms with Crippen LogP contribution in [-0.4, -0.2) is 13.2 Å². The molecule has 0 amide bonds. The summed E-state index contributed by atoms with van der Waals surface area (Å²) in [5, 5.41) is 0. The zero-order valence-corrected chi connectivity index (χ0v) is 8.94. The van der Waals surface area contributed by atoms with Gasteiger partial charge in [0.15, 0.2) is 11.6 Å². The summed E-state index contributed by atoms with van der Waals surface area (Å²) in [4.78, 5) is 0. The maximum absolute atomic E-state index is 13.3. The Labute approximate surface area is 89.7 Å². The van der Waals surface area contributed by atoms with Crippen molar-refractivity contribution in [2.24, 2.45) is 5.73 Å². The topological polar surface area (TPSA) is 35.2 Å². The molecule has 1 aromatic rings. The van der Waals surface area contributed by atoms with Crippen LogP contribution in [-0.2, 0) is 0 Å². The van der Waals surface area contributed by atoms with Crippen LogP contribution in [0.2, 0.25) is 0 Å². The molecule has 80 valence electrons. The predicted octanol–water partition coefficient (Wildman–Crippen LogP) is 2.28. The summed E-state index contributed by atoms with van der Waals surface area (Å²) >= 11 is 0. The third kappa shape index (κ3) is 3.52. The third-order valence-corrected chi connectivity index (χ3v) is 1.76. The van der Waals surface area contributed by atoms with E-state index in [0.29, 0.717) is 24.5 Å². The highest BCUT2D eigenvalue weighted by Gasteiger charge is 2.04. The zero-order chi connectivity index (χ0) is 9.68. The fourth-order valence-corrected chi connectivity index (χ4v) is 0.997. The highest BCUT2D eigenvalue weighted by atomic mass is 35.5. The Morgan fingerprint density at radius 2 is 2.14 bits per heavy atom. The second-order valence-electron chi connectivity index (χ2n) is 2.88. The minimum absolute atomic E-state index is 0. The van der Waals surface area contributed by atoms with Gasteiger partial charge >= 0.3 is 0 Å². The molecule has 1 aromatic carbocycles. The molecule has 0 fully saturated rings. The molecule has 1 rings (SSSR count). The van der Waals surface area contributed by atoms with E-state index in [1.165, 1.54) is 0 Å². The molecule has 0 unspecified atom stereocenters. The molecule has 14 heavy (non-hydrogen) atoms. The zero-order valence-electron chi connectivity index (χ0n) is 8.13. The van der Waals surface area contributed by atoms with Crippen LogP contribution in [0.5, 0.6) is 5.75 Å². The van der Waals surface area contributed by atoms with Crippen molar-refractivity contribution in [3.8, 4) is 5.75 Å². The molecule has 0 radical (unpaired) electrons. The van der Waals surface area contributed by atoms with Crippen molar-refractivity contribution in [1.29, 1.82) is 0 Å². The van der Waals surface area contributed by atoms with Crippen molar-refractivity contribution in [1.82, 2.24) is 0 Å². The number of benzene rings is 1. The van der Waals surface area contributed by atoms with Gasteiger partial charge in [0.05, 0.1) is 6.61 Å². The van der Waals surface area contributed by atoms with Crippen molar-refractivity contribution < 1.29 is 9.13 Å². The van der Waals surface area contributed by atoms with Crippen LogP contribution in [0.1, 0.15) is 12.0 Å². The SMILES string of the molecule is Cc1cccc(OCCCN)c1F.Cl. The Balaban J connectivity index is 0.00000169. The number of rotatable bonds is 4. The molecule has 0 saturated heterocycles. The lowest BCUT2D eigenvalue weighted by Crippen LogP contribution is -2.07. The van der Waals surface area contributed by atoms with Gasteiger partial charge in [0.1, 0.15) is 0 Å². The summed E-state index contributed by atoms with van der Waals surface area (Å²) in [5.41, 5.74) is 5.89. The Bertz CT molecular complexity index is 281. The van der Waals surface area contributed by atoms with Gasteiger partial charge in [-0.2, -0.15) is 0 Å². The van der Waals surface area contributed by atoms with Gasteiger partial charge in [0.25, 0.3) is 0 Å². The van der Waals surface area contributed by atoms with E-state index >= 15 is 0 Å². The molecule has 2 N–H and O–H groups in total. The molecule has 0 aliphatic heterocycles. The Morgan fingerprint density at radius 1 is 1.43 bits per heavy atom. The highest BCUT2D eigenvalue weighted by molar-refractivity contribution is 5.85. The van der Waals surface area contributed by atoms with Crippen molar-refractivity contribution in [3.63, 3.8) is 0 Å².